The number of thioether (sulfide) groups is 1. The smallest absolute Gasteiger partial charge is 0.333 e. The van der Waals surface area contributed by atoms with Crippen LogP contribution in [0, 0.1) is 0 Å². The van der Waals surface area contributed by atoms with Crippen LogP contribution in [-0.4, -0.2) is 36.1 Å². The molecule has 0 radical (unpaired) electrons. The van der Waals surface area contributed by atoms with Gasteiger partial charge in [0.1, 0.15) is 11.2 Å². The van der Waals surface area contributed by atoms with Crippen LogP contribution in [0.4, 0.5) is 0 Å². The summed E-state index contributed by atoms with van der Waals surface area (Å²) in [7, 11) is 0. The number of rotatable bonds is 8. The molecule has 2 heterocycles. The lowest BCUT2D eigenvalue weighted by Crippen LogP contribution is -2.38. The van der Waals surface area contributed by atoms with Gasteiger partial charge in [-0.25, -0.2) is 4.79 Å². The number of thiazole rings is 1. The molecular formula is C25H24N2O6S2. The minimum Gasteiger partial charge on any atom is -0.463 e. The topological polar surface area (TPSA) is 95.9 Å². The van der Waals surface area contributed by atoms with Crippen LogP contribution in [0.15, 0.2) is 52.2 Å². The number of carbonyl (C=O) groups excluding carboxylic acids is 2. The molecule has 1 N–H and O–H groups in total. The Morgan fingerprint density at radius 3 is 2.69 bits per heavy atom. The van der Waals surface area contributed by atoms with Crippen molar-refractivity contribution >= 4 is 47.1 Å². The van der Waals surface area contributed by atoms with Crippen molar-refractivity contribution in [1.82, 2.24) is 9.88 Å². The molecular weight excluding hydrogens is 488 g/mol. The number of amides is 1. The number of nitrogens with one attached hydrogen (secondary N) is 1. The quantitative estimate of drug-likeness (QED) is 0.364. The predicted octanol–water partition coefficient (Wildman–Crippen LogP) is 1.85. The largest absolute Gasteiger partial charge is 0.463 e. The van der Waals surface area contributed by atoms with Gasteiger partial charge >= 0.3 is 5.97 Å². The highest BCUT2D eigenvalue weighted by Crippen LogP contribution is 2.32. The Bertz CT molecular complexity index is 1410. The lowest BCUT2D eigenvalue weighted by atomic mass is 10.2. The molecule has 1 aliphatic heterocycles. The summed E-state index contributed by atoms with van der Waals surface area (Å²) >= 11 is 2.77. The molecule has 0 bridgehead atoms. The summed E-state index contributed by atoms with van der Waals surface area (Å²) in [6, 6.07) is 13.2. The number of hydrogen-bond donors (Lipinski definition) is 1. The Hall–Kier alpha value is -3.50. The van der Waals surface area contributed by atoms with E-state index in [0.29, 0.717) is 20.7 Å². The number of esters is 1. The summed E-state index contributed by atoms with van der Waals surface area (Å²) < 4.78 is 17.7. The summed E-state index contributed by atoms with van der Waals surface area (Å²) in [5.74, 6) is 0.356. The molecule has 8 nitrogen and oxygen atoms in total. The summed E-state index contributed by atoms with van der Waals surface area (Å²) in [5.41, 5.74) is 1.34. The number of aromatic nitrogens is 1. The van der Waals surface area contributed by atoms with Crippen molar-refractivity contribution in [2.45, 2.75) is 24.9 Å². The zero-order chi connectivity index (χ0) is 24.8. The molecule has 4 rings (SSSR count). The Balaban J connectivity index is 1.58. The highest BCUT2D eigenvalue weighted by Gasteiger charge is 2.14. The van der Waals surface area contributed by atoms with Crippen LogP contribution in [0.1, 0.15) is 18.1 Å². The van der Waals surface area contributed by atoms with E-state index in [2.05, 4.69) is 5.32 Å². The molecule has 10 heteroatoms. The summed E-state index contributed by atoms with van der Waals surface area (Å²) in [6.45, 7) is 2.11. The summed E-state index contributed by atoms with van der Waals surface area (Å²) in [4.78, 5) is 39.1. The zero-order valence-corrected chi connectivity index (χ0v) is 20.9. The van der Waals surface area contributed by atoms with E-state index in [9.17, 15) is 14.4 Å². The van der Waals surface area contributed by atoms with Crippen molar-refractivity contribution in [3.8, 4) is 11.5 Å². The van der Waals surface area contributed by atoms with E-state index in [-0.39, 0.29) is 38.0 Å². The van der Waals surface area contributed by atoms with Gasteiger partial charge in [-0.1, -0.05) is 18.2 Å². The number of fused-ring (bicyclic) bond motifs is 1. The molecule has 35 heavy (non-hydrogen) atoms. The van der Waals surface area contributed by atoms with Crippen molar-refractivity contribution in [2.75, 3.05) is 19.7 Å². The van der Waals surface area contributed by atoms with Crippen LogP contribution in [0.2, 0.25) is 0 Å². The Kier molecular flexibility index (Phi) is 7.94. The van der Waals surface area contributed by atoms with Gasteiger partial charge in [-0.2, -0.15) is 0 Å². The molecule has 1 aromatic heterocycles. The van der Waals surface area contributed by atoms with Crippen molar-refractivity contribution in [2.24, 2.45) is 0 Å². The third-order valence-corrected chi connectivity index (χ3v) is 6.91. The standard InChI is InChI=1S/C25H24N2O6S2/c1-3-31-24(29)12-23-27(25(30)21(35-23)11-16-4-7-18(34-2)8-5-16)14-22(28)26-13-17-6-9-19-20(10-17)33-15-32-19/h4-12H,3,13-15H2,1-2H3,(H,26,28). The van der Waals surface area contributed by atoms with Gasteiger partial charge < -0.3 is 19.5 Å². The number of ether oxygens (including phenoxy) is 3. The lowest BCUT2D eigenvalue weighted by molar-refractivity contribution is -0.135. The van der Waals surface area contributed by atoms with E-state index in [4.69, 9.17) is 14.2 Å². The molecule has 2 aromatic carbocycles. The fraction of sp³-hybridized carbons (Fsp3) is 0.240. The average molecular weight is 513 g/mol. The monoisotopic (exact) mass is 512 g/mol. The second-order valence-electron chi connectivity index (χ2n) is 7.47. The van der Waals surface area contributed by atoms with Crippen molar-refractivity contribution in [3.63, 3.8) is 0 Å². The van der Waals surface area contributed by atoms with E-state index in [1.807, 2.05) is 36.6 Å². The second kappa shape index (κ2) is 11.3. The van der Waals surface area contributed by atoms with E-state index in [0.717, 1.165) is 27.4 Å². The Labute approximate surface area is 209 Å². The molecule has 0 fully saturated rings. The van der Waals surface area contributed by atoms with Gasteiger partial charge in [0.25, 0.3) is 5.56 Å². The minimum absolute atomic E-state index is 0.174. The van der Waals surface area contributed by atoms with Gasteiger partial charge in [0.15, 0.2) is 11.5 Å². The molecule has 0 unspecified atom stereocenters. The first kappa shape index (κ1) is 24.6. The van der Waals surface area contributed by atoms with Crippen LogP contribution in [-0.2, 0) is 27.4 Å². The van der Waals surface area contributed by atoms with Gasteiger partial charge in [0, 0.05) is 11.4 Å². The zero-order valence-electron chi connectivity index (χ0n) is 19.2. The van der Waals surface area contributed by atoms with Crippen LogP contribution in [0.3, 0.4) is 0 Å². The van der Waals surface area contributed by atoms with Gasteiger partial charge in [-0.15, -0.1) is 23.1 Å². The molecule has 1 amide bonds. The van der Waals surface area contributed by atoms with Crippen molar-refractivity contribution in [1.29, 1.82) is 0 Å². The number of benzene rings is 2. The maximum atomic E-state index is 13.1. The van der Waals surface area contributed by atoms with Gasteiger partial charge in [-0.05, 0) is 54.6 Å². The minimum atomic E-state index is -0.570. The lowest BCUT2D eigenvalue weighted by Gasteiger charge is -2.07. The molecule has 0 spiro atoms. The van der Waals surface area contributed by atoms with Crippen LogP contribution < -0.4 is 29.5 Å². The van der Waals surface area contributed by atoms with Gasteiger partial charge in [-0.3, -0.25) is 14.2 Å². The first-order chi connectivity index (χ1) is 17.0. The van der Waals surface area contributed by atoms with Gasteiger partial charge in [0.05, 0.1) is 17.2 Å². The molecule has 0 atom stereocenters. The Morgan fingerprint density at radius 2 is 1.94 bits per heavy atom. The maximum Gasteiger partial charge on any atom is 0.333 e. The van der Waals surface area contributed by atoms with Crippen LogP contribution >= 0.6 is 23.1 Å². The third-order valence-electron chi connectivity index (χ3n) is 5.11. The molecule has 0 aliphatic carbocycles. The highest BCUT2D eigenvalue weighted by atomic mass is 32.2. The second-order valence-corrected chi connectivity index (χ2v) is 9.42. The molecule has 1 aliphatic rings. The van der Waals surface area contributed by atoms with E-state index in [1.165, 1.54) is 10.6 Å². The fourth-order valence-electron chi connectivity index (χ4n) is 3.38. The maximum absolute atomic E-state index is 13.1. The highest BCUT2D eigenvalue weighted by molar-refractivity contribution is 7.98. The number of nitrogens with zero attached hydrogens (tertiary/aromatic N) is 1. The van der Waals surface area contributed by atoms with Crippen LogP contribution in [0.25, 0.3) is 12.2 Å². The summed E-state index contributed by atoms with van der Waals surface area (Å²) in [5, 5.41) is 2.81. The van der Waals surface area contributed by atoms with Crippen molar-refractivity contribution < 1.29 is 23.8 Å². The molecule has 0 saturated carbocycles. The average Bonchev–Trinajstić information content (AvgIpc) is 3.43. The first-order valence-electron chi connectivity index (χ1n) is 10.9. The number of carbonyl (C=O) groups is 2. The first-order valence-corrected chi connectivity index (χ1v) is 12.9. The number of hydrogen-bond acceptors (Lipinski definition) is 8. The SMILES string of the molecule is CCOC(=O)C=c1sc(=Cc2ccc(SC)cc2)c(=O)n1CC(=O)NCc1ccc2c(c1)OCO2. The van der Waals surface area contributed by atoms with Crippen LogP contribution in [0.5, 0.6) is 11.5 Å². The van der Waals surface area contributed by atoms with E-state index in [1.54, 1.807) is 36.9 Å². The Morgan fingerprint density at radius 1 is 1.17 bits per heavy atom. The molecule has 182 valence electrons. The van der Waals surface area contributed by atoms with E-state index >= 15 is 0 Å². The summed E-state index contributed by atoms with van der Waals surface area (Å²) in [6.07, 6.45) is 4.99. The third kappa shape index (κ3) is 6.14. The van der Waals surface area contributed by atoms with Crippen molar-refractivity contribution in [3.05, 3.63) is 73.1 Å². The molecule has 3 aromatic rings. The molecule has 0 saturated heterocycles. The predicted molar refractivity (Wildman–Crippen MR) is 135 cm³/mol. The van der Waals surface area contributed by atoms with Gasteiger partial charge in [0.2, 0.25) is 12.7 Å². The van der Waals surface area contributed by atoms with E-state index < -0.39 is 5.97 Å². The normalized spacial score (nSPS) is 13.2. The fourth-order valence-corrected chi connectivity index (χ4v) is 4.82.